The third-order valence-electron chi connectivity index (χ3n) is 2.07. The molecule has 2 heterocycles. The van der Waals surface area contributed by atoms with Gasteiger partial charge in [-0.2, -0.15) is 0 Å². The van der Waals surface area contributed by atoms with Crippen LogP contribution in [-0.2, 0) is 9.47 Å². The minimum atomic E-state index is -0.856. The van der Waals surface area contributed by atoms with Gasteiger partial charge in [0.1, 0.15) is 24.4 Å². The second-order valence-electron chi connectivity index (χ2n) is 2.70. The zero-order chi connectivity index (χ0) is 7.19. The molecule has 4 heteroatoms. The predicted octanol–water partition coefficient (Wildman–Crippen LogP) is -1.33. The van der Waals surface area contributed by atoms with E-state index in [0.717, 1.165) is 0 Å². The first kappa shape index (κ1) is 6.54. The summed E-state index contributed by atoms with van der Waals surface area (Å²) in [6, 6.07) is 0. The summed E-state index contributed by atoms with van der Waals surface area (Å²) in [5.74, 6) is 0. The number of hydrogen-bond donors (Lipinski definition) is 2. The molecule has 2 fully saturated rings. The molecule has 10 heavy (non-hydrogen) atoms. The summed E-state index contributed by atoms with van der Waals surface area (Å²) in [5, 5.41) is 18.2. The lowest BCUT2D eigenvalue weighted by atomic mass is 10.0. The van der Waals surface area contributed by atoms with Gasteiger partial charge in [0.2, 0.25) is 0 Å². The quantitative estimate of drug-likeness (QED) is 0.480. The summed E-state index contributed by atoms with van der Waals surface area (Å²) in [6.45, 7) is 1.53. The smallest absolute Gasteiger partial charge is 0.143 e. The van der Waals surface area contributed by atoms with E-state index in [1.165, 1.54) is 6.61 Å². The maximum atomic E-state index is 9.34. The van der Waals surface area contributed by atoms with Crippen LogP contribution in [0.4, 0.5) is 0 Å². The first-order valence-corrected chi connectivity index (χ1v) is 3.20. The number of rotatable bonds is 1. The first-order valence-electron chi connectivity index (χ1n) is 3.20. The molecule has 0 aliphatic carbocycles. The summed E-state index contributed by atoms with van der Waals surface area (Å²) < 4.78 is 10.1. The predicted molar refractivity (Wildman–Crippen MR) is 30.9 cm³/mol. The fourth-order valence-electron chi connectivity index (χ4n) is 1.31. The summed E-state index contributed by atoms with van der Waals surface area (Å²) in [4.78, 5) is 0. The van der Waals surface area contributed by atoms with Crippen molar-refractivity contribution in [3.63, 3.8) is 0 Å². The molecule has 2 N–H and O–H groups in total. The molecular weight excluding hydrogens is 136 g/mol. The van der Waals surface area contributed by atoms with Crippen molar-refractivity contribution in [3.05, 3.63) is 6.61 Å². The molecule has 0 aromatic rings. The van der Waals surface area contributed by atoms with E-state index in [2.05, 4.69) is 0 Å². The molecule has 3 atom stereocenters. The van der Waals surface area contributed by atoms with Crippen molar-refractivity contribution in [1.82, 2.24) is 0 Å². The highest BCUT2D eigenvalue weighted by Crippen LogP contribution is 2.37. The van der Waals surface area contributed by atoms with Gasteiger partial charge in [-0.15, -0.1) is 0 Å². The first-order chi connectivity index (χ1) is 4.78. The van der Waals surface area contributed by atoms with Crippen molar-refractivity contribution < 1.29 is 19.7 Å². The molecule has 1 radical (unpaired) electrons. The van der Waals surface area contributed by atoms with E-state index in [9.17, 15) is 5.11 Å². The standard InChI is InChI=1S/C6H9O4/c7-2-6-3-9-4(1-10-6)5(6)8/h1,4-5,7-8H,2-3H2/t4?,5-,6+/m1/s1. The highest BCUT2D eigenvalue weighted by molar-refractivity contribution is 5.07. The van der Waals surface area contributed by atoms with Gasteiger partial charge in [0.15, 0.2) is 0 Å². The molecule has 0 aromatic carbocycles. The molecular formula is C6H9O4. The fraction of sp³-hybridized carbons (Fsp3) is 0.833. The van der Waals surface area contributed by atoms with Gasteiger partial charge in [0.25, 0.3) is 0 Å². The van der Waals surface area contributed by atoms with E-state index < -0.39 is 11.7 Å². The van der Waals surface area contributed by atoms with Crippen LogP contribution in [0.5, 0.6) is 0 Å². The van der Waals surface area contributed by atoms with Gasteiger partial charge >= 0.3 is 0 Å². The van der Waals surface area contributed by atoms with Gasteiger partial charge < -0.3 is 19.7 Å². The van der Waals surface area contributed by atoms with Crippen LogP contribution in [0.2, 0.25) is 0 Å². The molecule has 2 aliphatic heterocycles. The SMILES string of the molecule is OC[C@@]12COC([CH]O1)[C@H]2O. The third kappa shape index (κ3) is 0.594. The lowest BCUT2D eigenvalue weighted by Crippen LogP contribution is -2.43. The van der Waals surface area contributed by atoms with Crippen LogP contribution in [0, 0.1) is 6.61 Å². The second-order valence-corrected chi connectivity index (χ2v) is 2.70. The maximum absolute atomic E-state index is 9.34. The zero-order valence-electron chi connectivity index (χ0n) is 5.36. The Morgan fingerprint density at radius 2 is 2.50 bits per heavy atom. The van der Waals surface area contributed by atoms with Gasteiger partial charge in [0, 0.05) is 0 Å². The molecule has 2 rings (SSSR count). The maximum Gasteiger partial charge on any atom is 0.143 e. The van der Waals surface area contributed by atoms with Crippen LogP contribution in [0.3, 0.4) is 0 Å². The monoisotopic (exact) mass is 145 g/mol. The number of hydrogen-bond acceptors (Lipinski definition) is 4. The van der Waals surface area contributed by atoms with E-state index in [1.54, 1.807) is 0 Å². The lowest BCUT2D eigenvalue weighted by Gasteiger charge is -2.23. The number of fused-ring (bicyclic) bond motifs is 2. The van der Waals surface area contributed by atoms with Gasteiger partial charge in [-0.25, -0.2) is 0 Å². The van der Waals surface area contributed by atoms with Crippen LogP contribution in [0.15, 0.2) is 0 Å². The minimum absolute atomic E-state index is 0.193. The average molecular weight is 145 g/mol. The molecule has 0 saturated carbocycles. The van der Waals surface area contributed by atoms with Crippen LogP contribution in [0.25, 0.3) is 0 Å². The minimum Gasteiger partial charge on any atom is -0.393 e. The van der Waals surface area contributed by atoms with Crippen LogP contribution in [-0.4, -0.2) is 41.2 Å². The Bertz CT molecular complexity index is 139. The Kier molecular flexibility index (Phi) is 1.25. The molecule has 0 aromatic heterocycles. The van der Waals surface area contributed by atoms with Crippen molar-refractivity contribution in [2.75, 3.05) is 13.2 Å². The molecule has 57 valence electrons. The molecule has 1 unspecified atom stereocenters. The summed E-state index contributed by atoms with van der Waals surface area (Å²) >= 11 is 0. The Hall–Kier alpha value is -0.160. The highest BCUT2D eigenvalue weighted by Gasteiger charge is 2.56. The van der Waals surface area contributed by atoms with Gasteiger partial charge in [-0.1, -0.05) is 0 Å². The van der Waals surface area contributed by atoms with Crippen molar-refractivity contribution in [2.45, 2.75) is 17.8 Å². The molecule has 0 amide bonds. The van der Waals surface area contributed by atoms with Crippen LogP contribution >= 0.6 is 0 Å². The van der Waals surface area contributed by atoms with Gasteiger partial charge in [0.05, 0.1) is 13.2 Å². The van der Waals surface area contributed by atoms with Crippen LogP contribution in [0.1, 0.15) is 0 Å². The second kappa shape index (κ2) is 1.92. The molecule has 2 saturated heterocycles. The van der Waals surface area contributed by atoms with E-state index in [-0.39, 0.29) is 19.3 Å². The largest absolute Gasteiger partial charge is 0.393 e. The Balaban J connectivity index is 2.22. The molecule has 0 spiro atoms. The lowest BCUT2D eigenvalue weighted by molar-refractivity contribution is -0.0959. The number of aliphatic hydroxyl groups is 2. The zero-order valence-corrected chi connectivity index (χ0v) is 5.36. The summed E-state index contributed by atoms with van der Waals surface area (Å²) in [5.41, 5.74) is -0.856. The van der Waals surface area contributed by atoms with Crippen LogP contribution < -0.4 is 0 Å². The van der Waals surface area contributed by atoms with Gasteiger partial charge in [-0.05, 0) is 0 Å². The van der Waals surface area contributed by atoms with Crippen molar-refractivity contribution >= 4 is 0 Å². The van der Waals surface area contributed by atoms with E-state index >= 15 is 0 Å². The van der Waals surface area contributed by atoms with E-state index in [1.807, 2.05) is 0 Å². The summed E-state index contributed by atoms with van der Waals surface area (Å²) in [7, 11) is 0. The average Bonchev–Trinajstić information content (AvgIpc) is 2.46. The molecule has 2 aliphatic rings. The Morgan fingerprint density at radius 1 is 1.70 bits per heavy atom. The van der Waals surface area contributed by atoms with E-state index in [4.69, 9.17) is 14.6 Å². The van der Waals surface area contributed by atoms with Crippen molar-refractivity contribution in [3.8, 4) is 0 Å². The van der Waals surface area contributed by atoms with Gasteiger partial charge in [-0.3, -0.25) is 0 Å². The van der Waals surface area contributed by atoms with Crippen molar-refractivity contribution in [2.24, 2.45) is 0 Å². The third-order valence-corrected chi connectivity index (χ3v) is 2.07. The molecule has 4 nitrogen and oxygen atoms in total. The number of ether oxygens (including phenoxy) is 2. The van der Waals surface area contributed by atoms with E-state index in [0.29, 0.717) is 0 Å². The highest BCUT2D eigenvalue weighted by atomic mass is 16.6. The van der Waals surface area contributed by atoms with Crippen molar-refractivity contribution in [1.29, 1.82) is 0 Å². The Labute approximate surface area is 58.4 Å². The normalized spacial score (nSPS) is 52.2. The number of aliphatic hydroxyl groups excluding tert-OH is 2. The Morgan fingerprint density at radius 3 is 2.70 bits per heavy atom. The fourth-order valence-corrected chi connectivity index (χ4v) is 1.31. The molecule has 2 bridgehead atoms. The topological polar surface area (TPSA) is 58.9 Å². The summed E-state index contributed by atoms with van der Waals surface area (Å²) in [6.07, 6.45) is -1.04.